The van der Waals surface area contributed by atoms with E-state index in [1.807, 2.05) is 0 Å². The largest absolute Gasteiger partial charge is 0.296 e. The highest BCUT2D eigenvalue weighted by molar-refractivity contribution is 5.01. The van der Waals surface area contributed by atoms with Crippen LogP contribution in [0, 0.1) is 0 Å². The van der Waals surface area contributed by atoms with Gasteiger partial charge in [-0.15, -0.1) is 10.2 Å². The predicted octanol–water partition coefficient (Wildman–Crippen LogP) is -0.151. The Bertz CT molecular complexity index is 399. The van der Waals surface area contributed by atoms with Crippen molar-refractivity contribution >= 4 is 0 Å². The van der Waals surface area contributed by atoms with Crippen LogP contribution < -0.4 is 11.3 Å². The first-order valence-corrected chi connectivity index (χ1v) is 7.04. The van der Waals surface area contributed by atoms with Crippen molar-refractivity contribution in [3.05, 3.63) is 5.82 Å². The van der Waals surface area contributed by atoms with E-state index >= 15 is 0 Å². The van der Waals surface area contributed by atoms with Crippen LogP contribution >= 0.6 is 0 Å². The van der Waals surface area contributed by atoms with Crippen LogP contribution in [0.4, 0.5) is 0 Å². The van der Waals surface area contributed by atoms with Gasteiger partial charge in [-0.25, -0.2) is 0 Å². The van der Waals surface area contributed by atoms with Crippen molar-refractivity contribution in [3.63, 3.8) is 0 Å². The topological polar surface area (TPSA) is 84.9 Å². The molecule has 3 N–H and O–H groups in total. The molecule has 1 saturated heterocycles. The van der Waals surface area contributed by atoms with Gasteiger partial charge in [0.2, 0.25) is 0 Å². The number of nitrogens with one attached hydrogen (secondary N) is 1. The molecule has 0 amide bonds. The first-order valence-electron chi connectivity index (χ1n) is 7.04. The summed E-state index contributed by atoms with van der Waals surface area (Å²) in [6, 6.07) is 0.125. The standard InChI is InChI=1S/C12H25N7/c1-4-12(2,19-7-5-6-8-19)10(14-13)9-11-15-17-18(3)16-11/h10,14H,4-9,13H2,1-3H3. The molecule has 2 unspecified atom stereocenters. The maximum Gasteiger partial charge on any atom is 0.176 e. The van der Waals surface area contributed by atoms with E-state index < -0.39 is 0 Å². The molecule has 7 heteroatoms. The summed E-state index contributed by atoms with van der Waals surface area (Å²) in [7, 11) is 1.78. The third kappa shape index (κ3) is 2.93. The summed E-state index contributed by atoms with van der Waals surface area (Å²) in [5.74, 6) is 6.54. The lowest BCUT2D eigenvalue weighted by Crippen LogP contribution is -2.61. The molecule has 1 aliphatic rings. The average Bonchev–Trinajstić information content (AvgIpc) is 3.06. The molecule has 0 radical (unpaired) electrons. The fourth-order valence-corrected chi connectivity index (χ4v) is 2.96. The molecule has 19 heavy (non-hydrogen) atoms. The SMILES string of the molecule is CCC(C)(C(Cc1nnn(C)n1)NN)N1CCCC1. The van der Waals surface area contributed by atoms with Gasteiger partial charge in [0.25, 0.3) is 0 Å². The van der Waals surface area contributed by atoms with Gasteiger partial charge in [0.1, 0.15) is 0 Å². The summed E-state index contributed by atoms with van der Waals surface area (Å²) in [5.41, 5.74) is 3.00. The summed E-state index contributed by atoms with van der Waals surface area (Å²) < 4.78 is 0. The molecule has 0 saturated carbocycles. The lowest BCUT2D eigenvalue weighted by atomic mass is 9.85. The Labute approximate surface area is 114 Å². The molecule has 2 atom stereocenters. The molecule has 1 aliphatic heterocycles. The molecular formula is C12H25N7. The second kappa shape index (κ2) is 5.94. The Balaban J connectivity index is 2.13. The Morgan fingerprint density at radius 2 is 2.11 bits per heavy atom. The molecular weight excluding hydrogens is 242 g/mol. The summed E-state index contributed by atoms with van der Waals surface area (Å²) in [4.78, 5) is 4.02. The lowest BCUT2D eigenvalue weighted by Gasteiger charge is -2.44. The van der Waals surface area contributed by atoms with Gasteiger partial charge in [-0.05, 0) is 44.5 Å². The number of rotatable bonds is 6. The first kappa shape index (κ1) is 14.4. The van der Waals surface area contributed by atoms with Crippen molar-refractivity contribution in [2.45, 2.75) is 51.1 Å². The maximum atomic E-state index is 5.80. The summed E-state index contributed by atoms with van der Waals surface area (Å²) in [6.45, 7) is 6.79. The molecule has 2 heterocycles. The highest BCUT2D eigenvalue weighted by Crippen LogP contribution is 2.28. The van der Waals surface area contributed by atoms with E-state index in [1.165, 1.54) is 17.6 Å². The molecule has 7 nitrogen and oxygen atoms in total. The Kier molecular flexibility index (Phi) is 4.49. The van der Waals surface area contributed by atoms with Gasteiger partial charge in [0.05, 0.1) is 7.05 Å². The van der Waals surface area contributed by atoms with E-state index in [1.54, 1.807) is 7.05 Å². The molecule has 1 fully saturated rings. The molecule has 0 bridgehead atoms. The van der Waals surface area contributed by atoms with Gasteiger partial charge in [-0.3, -0.25) is 16.2 Å². The lowest BCUT2D eigenvalue weighted by molar-refractivity contribution is 0.0832. The number of nitrogens with zero attached hydrogens (tertiary/aromatic N) is 5. The minimum atomic E-state index is 0.0322. The summed E-state index contributed by atoms with van der Waals surface area (Å²) in [5, 5.41) is 12.2. The van der Waals surface area contributed by atoms with Crippen LogP contribution in [-0.4, -0.2) is 49.8 Å². The van der Waals surface area contributed by atoms with Crippen molar-refractivity contribution in [2.75, 3.05) is 13.1 Å². The highest BCUT2D eigenvalue weighted by atomic mass is 15.6. The molecule has 1 aromatic rings. The predicted molar refractivity (Wildman–Crippen MR) is 73.1 cm³/mol. The van der Waals surface area contributed by atoms with Crippen LogP contribution in [0.5, 0.6) is 0 Å². The van der Waals surface area contributed by atoms with Crippen LogP contribution in [0.15, 0.2) is 0 Å². The molecule has 0 aromatic carbocycles. The Morgan fingerprint density at radius 3 is 2.58 bits per heavy atom. The van der Waals surface area contributed by atoms with Gasteiger partial charge in [0.15, 0.2) is 5.82 Å². The second-order valence-corrected chi connectivity index (χ2v) is 5.52. The van der Waals surface area contributed by atoms with Gasteiger partial charge in [0, 0.05) is 18.0 Å². The summed E-state index contributed by atoms with van der Waals surface area (Å²) in [6.07, 6.45) is 4.29. The number of aryl methyl sites for hydroxylation is 1. The molecule has 0 spiro atoms. The summed E-state index contributed by atoms with van der Waals surface area (Å²) >= 11 is 0. The third-order valence-electron chi connectivity index (χ3n) is 4.43. The number of hydrogen-bond donors (Lipinski definition) is 2. The van der Waals surface area contributed by atoms with E-state index in [9.17, 15) is 0 Å². The van der Waals surface area contributed by atoms with Gasteiger partial charge in [-0.1, -0.05) is 6.92 Å². The number of nitrogens with two attached hydrogens (primary N) is 1. The van der Waals surface area contributed by atoms with E-state index in [0.29, 0.717) is 6.42 Å². The fraction of sp³-hybridized carbons (Fsp3) is 0.917. The zero-order valence-electron chi connectivity index (χ0n) is 12.1. The van der Waals surface area contributed by atoms with E-state index in [4.69, 9.17) is 5.84 Å². The molecule has 1 aromatic heterocycles. The maximum absolute atomic E-state index is 5.80. The van der Waals surface area contributed by atoms with Crippen molar-refractivity contribution in [1.29, 1.82) is 0 Å². The molecule has 0 aliphatic carbocycles. The van der Waals surface area contributed by atoms with Crippen molar-refractivity contribution in [2.24, 2.45) is 12.9 Å². The van der Waals surface area contributed by atoms with Crippen molar-refractivity contribution in [1.82, 2.24) is 30.5 Å². The third-order valence-corrected chi connectivity index (χ3v) is 4.43. The van der Waals surface area contributed by atoms with Crippen LogP contribution in [0.1, 0.15) is 38.9 Å². The number of tetrazole rings is 1. The minimum Gasteiger partial charge on any atom is -0.296 e. The number of hydrogen-bond acceptors (Lipinski definition) is 6. The van der Waals surface area contributed by atoms with Crippen LogP contribution in [0.2, 0.25) is 0 Å². The van der Waals surface area contributed by atoms with Crippen molar-refractivity contribution < 1.29 is 0 Å². The zero-order valence-corrected chi connectivity index (χ0v) is 12.1. The Hall–Kier alpha value is -1.05. The average molecular weight is 267 g/mol. The smallest absolute Gasteiger partial charge is 0.176 e. The Morgan fingerprint density at radius 1 is 1.42 bits per heavy atom. The molecule has 2 rings (SSSR count). The van der Waals surface area contributed by atoms with Crippen LogP contribution in [0.3, 0.4) is 0 Å². The normalized spacial score (nSPS) is 21.5. The number of aromatic nitrogens is 4. The quantitative estimate of drug-likeness (QED) is 0.551. The zero-order chi connectivity index (χ0) is 13.9. The minimum absolute atomic E-state index is 0.0322. The number of likely N-dealkylation sites (tertiary alicyclic amines) is 1. The second-order valence-electron chi connectivity index (χ2n) is 5.52. The van der Waals surface area contributed by atoms with E-state index in [-0.39, 0.29) is 11.6 Å². The highest BCUT2D eigenvalue weighted by Gasteiger charge is 2.39. The van der Waals surface area contributed by atoms with E-state index in [2.05, 4.69) is 39.6 Å². The van der Waals surface area contributed by atoms with Gasteiger partial charge in [-0.2, -0.15) is 4.80 Å². The van der Waals surface area contributed by atoms with Gasteiger partial charge < -0.3 is 0 Å². The fourth-order valence-electron chi connectivity index (χ4n) is 2.96. The molecule has 108 valence electrons. The van der Waals surface area contributed by atoms with Crippen LogP contribution in [0.25, 0.3) is 0 Å². The van der Waals surface area contributed by atoms with Gasteiger partial charge >= 0.3 is 0 Å². The van der Waals surface area contributed by atoms with Crippen molar-refractivity contribution in [3.8, 4) is 0 Å². The van der Waals surface area contributed by atoms with Crippen LogP contribution in [-0.2, 0) is 13.5 Å². The monoisotopic (exact) mass is 267 g/mol. The first-order chi connectivity index (χ1) is 9.10. The number of hydrazine groups is 1. The van der Waals surface area contributed by atoms with E-state index in [0.717, 1.165) is 25.3 Å².